The van der Waals surface area contributed by atoms with Gasteiger partial charge in [0.25, 0.3) is 0 Å². The summed E-state index contributed by atoms with van der Waals surface area (Å²) in [6, 6.07) is 0. The van der Waals surface area contributed by atoms with Crippen LogP contribution in [0.5, 0.6) is 0 Å². The van der Waals surface area contributed by atoms with Crippen LogP contribution in [0.1, 0.15) is 52.7 Å². The van der Waals surface area contributed by atoms with E-state index < -0.39 is 17.7 Å². The minimum Gasteiger partial charge on any atom is -0.545 e. The van der Waals surface area contributed by atoms with Crippen molar-refractivity contribution in [2.75, 3.05) is 6.54 Å². The zero-order valence-corrected chi connectivity index (χ0v) is 14.8. The number of amides is 1. The van der Waals surface area contributed by atoms with Gasteiger partial charge < -0.3 is 24.5 Å². The summed E-state index contributed by atoms with van der Waals surface area (Å²) >= 11 is 0. The predicted octanol–water partition coefficient (Wildman–Crippen LogP) is 1.73. The number of hydrogen-bond donors (Lipinski definition) is 1. The van der Waals surface area contributed by atoms with Gasteiger partial charge in [-0.15, -0.1) is 0 Å². The van der Waals surface area contributed by atoms with Crippen molar-refractivity contribution < 1.29 is 19.4 Å². The second-order valence-corrected chi connectivity index (χ2v) is 6.53. The molecule has 7 heteroatoms. The summed E-state index contributed by atoms with van der Waals surface area (Å²) in [5, 5.41) is 13.8. The highest BCUT2D eigenvalue weighted by molar-refractivity contribution is 5.90. The number of carboxylic acid groups (broad SMARTS) is 1. The van der Waals surface area contributed by atoms with E-state index in [2.05, 4.69) is 17.2 Å². The third kappa shape index (κ3) is 7.80. The van der Waals surface area contributed by atoms with Gasteiger partial charge in [0.2, 0.25) is 0 Å². The summed E-state index contributed by atoms with van der Waals surface area (Å²) in [4.78, 5) is 26.9. The fraction of sp³-hybridized carbons (Fsp3) is 0.588. The molecule has 0 atom stereocenters. The van der Waals surface area contributed by atoms with E-state index in [4.69, 9.17) is 4.74 Å². The molecule has 0 unspecified atom stereocenters. The lowest BCUT2D eigenvalue weighted by Gasteiger charge is -2.19. The van der Waals surface area contributed by atoms with Gasteiger partial charge in [-0.2, -0.15) is 0 Å². The molecule has 0 aromatic carbocycles. The van der Waals surface area contributed by atoms with E-state index in [1.165, 1.54) is 6.08 Å². The first kappa shape index (κ1) is 19.7. The van der Waals surface area contributed by atoms with Crippen molar-refractivity contribution in [2.24, 2.45) is 0 Å². The number of rotatable bonds is 8. The van der Waals surface area contributed by atoms with Crippen LogP contribution in [0.2, 0.25) is 0 Å². The zero-order valence-electron chi connectivity index (χ0n) is 14.8. The summed E-state index contributed by atoms with van der Waals surface area (Å²) in [7, 11) is 0. The first-order valence-corrected chi connectivity index (χ1v) is 8.12. The van der Waals surface area contributed by atoms with E-state index in [1.807, 2.05) is 4.57 Å². The molecule has 1 N–H and O–H groups in total. The fourth-order valence-corrected chi connectivity index (χ4v) is 2.03. The quantitative estimate of drug-likeness (QED) is 0.576. The van der Waals surface area contributed by atoms with Gasteiger partial charge in [0.1, 0.15) is 5.60 Å². The van der Waals surface area contributed by atoms with Crippen LogP contribution in [-0.4, -0.2) is 33.8 Å². The third-order valence-corrected chi connectivity index (χ3v) is 3.01. The molecule has 0 bridgehead atoms. The van der Waals surface area contributed by atoms with Crippen LogP contribution in [-0.2, 0) is 16.1 Å². The second kappa shape index (κ2) is 9.10. The van der Waals surface area contributed by atoms with E-state index in [9.17, 15) is 14.7 Å². The molecule has 0 aliphatic carbocycles. The molecule has 1 heterocycles. The van der Waals surface area contributed by atoms with Gasteiger partial charge in [-0.1, -0.05) is 6.92 Å². The molecule has 1 rings (SSSR count). The van der Waals surface area contributed by atoms with Gasteiger partial charge in [0.05, 0.1) is 18.0 Å². The molecule has 0 spiro atoms. The van der Waals surface area contributed by atoms with Crippen LogP contribution >= 0.6 is 0 Å². The number of ether oxygens (including phenoxy) is 1. The number of aromatic nitrogens is 2. The maximum absolute atomic E-state index is 11.5. The molecule has 1 aromatic heterocycles. The Kier molecular flexibility index (Phi) is 7.48. The Balaban J connectivity index is 2.50. The van der Waals surface area contributed by atoms with Gasteiger partial charge in [0, 0.05) is 19.3 Å². The Morgan fingerprint density at radius 3 is 2.71 bits per heavy atom. The molecule has 1 aromatic rings. The van der Waals surface area contributed by atoms with E-state index in [1.54, 1.807) is 33.3 Å². The summed E-state index contributed by atoms with van der Waals surface area (Å²) in [6.45, 7) is 8.55. The molecule has 0 aliphatic heterocycles. The van der Waals surface area contributed by atoms with Gasteiger partial charge >= 0.3 is 6.09 Å². The van der Waals surface area contributed by atoms with Crippen molar-refractivity contribution in [3.8, 4) is 0 Å². The summed E-state index contributed by atoms with van der Waals surface area (Å²) in [6.07, 6.45) is 6.18. The normalized spacial score (nSPS) is 12.1. The van der Waals surface area contributed by atoms with Gasteiger partial charge in [0.15, 0.2) is 0 Å². The molecule has 0 radical (unpaired) electrons. The lowest BCUT2D eigenvalue weighted by atomic mass is 10.1. The van der Waals surface area contributed by atoms with Gasteiger partial charge in [-0.05, 0) is 51.7 Å². The maximum atomic E-state index is 11.5. The molecule has 1 amide bonds. The number of nitrogens with one attached hydrogen (secondary N) is 1. The SMILES string of the molecule is CCCn1cnc(/C=C(/CCCNC(=O)OC(C)(C)C)C(=O)[O-])c1. The number of carboxylic acids is 1. The van der Waals surface area contributed by atoms with Crippen LogP contribution in [0.25, 0.3) is 6.08 Å². The fourth-order valence-electron chi connectivity index (χ4n) is 2.03. The summed E-state index contributed by atoms with van der Waals surface area (Å²) in [5.74, 6) is -1.22. The lowest BCUT2D eigenvalue weighted by Crippen LogP contribution is -2.33. The molecular weight excluding hydrogens is 310 g/mol. The van der Waals surface area contributed by atoms with Crippen molar-refractivity contribution in [1.82, 2.24) is 14.9 Å². The molecule has 0 aliphatic rings. The number of imidazole rings is 1. The first-order valence-electron chi connectivity index (χ1n) is 8.12. The molecule has 0 saturated heterocycles. The molecule has 7 nitrogen and oxygen atoms in total. The third-order valence-electron chi connectivity index (χ3n) is 3.01. The highest BCUT2D eigenvalue weighted by Gasteiger charge is 2.15. The average molecular weight is 336 g/mol. The van der Waals surface area contributed by atoms with Crippen LogP contribution in [0.15, 0.2) is 18.1 Å². The Morgan fingerprint density at radius 2 is 2.12 bits per heavy atom. The van der Waals surface area contributed by atoms with Crippen LogP contribution in [0, 0.1) is 0 Å². The summed E-state index contributed by atoms with van der Waals surface area (Å²) < 4.78 is 7.01. The van der Waals surface area contributed by atoms with Crippen LogP contribution in [0.3, 0.4) is 0 Å². The van der Waals surface area contributed by atoms with Gasteiger partial charge in [-0.3, -0.25) is 0 Å². The molecular formula is C17H26N3O4-. The van der Waals surface area contributed by atoms with E-state index in [0.717, 1.165) is 13.0 Å². The lowest BCUT2D eigenvalue weighted by molar-refractivity contribution is -0.299. The second-order valence-electron chi connectivity index (χ2n) is 6.53. The van der Waals surface area contributed by atoms with Crippen molar-refractivity contribution in [3.05, 3.63) is 23.8 Å². The Labute approximate surface area is 142 Å². The minimum atomic E-state index is -1.22. The number of aryl methyl sites for hydroxylation is 1. The number of carbonyl (C=O) groups is 2. The minimum absolute atomic E-state index is 0.155. The predicted molar refractivity (Wildman–Crippen MR) is 89.0 cm³/mol. The molecule has 0 saturated carbocycles. The van der Waals surface area contributed by atoms with Crippen molar-refractivity contribution >= 4 is 18.1 Å². The van der Waals surface area contributed by atoms with Crippen molar-refractivity contribution in [3.63, 3.8) is 0 Å². The van der Waals surface area contributed by atoms with Crippen molar-refractivity contribution in [2.45, 2.75) is 59.1 Å². The zero-order chi connectivity index (χ0) is 18.2. The molecule has 0 fully saturated rings. The van der Waals surface area contributed by atoms with E-state index in [0.29, 0.717) is 18.7 Å². The number of carbonyl (C=O) groups excluding carboxylic acids is 2. The highest BCUT2D eigenvalue weighted by Crippen LogP contribution is 2.11. The number of hydrogen-bond acceptors (Lipinski definition) is 5. The van der Waals surface area contributed by atoms with E-state index in [-0.39, 0.29) is 12.0 Å². The van der Waals surface area contributed by atoms with E-state index >= 15 is 0 Å². The Bertz CT molecular complexity index is 585. The monoisotopic (exact) mass is 336 g/mol. The molecule has 24 heavy (non-hydrogen) atoms. The largest absolute Gasteiger partial charge is 0.545 e. The van der Waals surface area contributed by atoms with Crippen molar-refractivity contribution in [1.29, 1.82) is 0 Å². The number of aliphatic carboxylic acids is 1. The Morgan fingerprint density at radius 1 is 1.42 bits per heavy atom. The smallest absolute Gasteiger partial charge is 0.407 e. The standard InChI is InChI=1S/C17H27N3O4/c1-5-9-20-11-14(19-12-20)10-13(15(21)22)7-6-8-18-16(23)24-17(2,3)4/h10-12H,5-9H2,1-4H3,(H,18,23)(H,21,22)/p-1/b13-10-. The van der Waals surface area contributed by atoms with Gasteiger partial charge in [-0.25, -0.2) is 9.78 Å². The molecule has 134 valence electrons. The Hall–Kier alpha value is -2.31. The number of nitrogens with zero attached hydrogens (tertiary/aromatic N) is 2. The summed E-state index contributed by atoms with van der Waals surface area (Å²) in [5.41, 5.74) is 0.183. The first-order chi connectivity index (χ1) is 11.2. The average Bonchev–Trinajstić information content (AvgIpc) is 2.88. The van der Waals surface area contributed by atoms with Crippen LogP contribution < -0.4 is 10.4 Å². The van der Waals surface area contributed by atoms with Crippen LogP contribution in [0.4, 0.5) is 4.79 Å². The number of alkyl carbamates (subject to hydrolysis) is 1. The highest BCUT2D eigenvalue weighted by atomic mass is 16.6. The topological polar surface area (TPSA) is 96.3 Å². The maximum Gasteiger partial charge on any atom is 0.407 e.